The van der Waals surface area contributed by atoms with Crippen LogP contribution < -0.4 is 9.47 Å². The van der Waals surface area contributed by atoms with E-state index in [0.717, 1.165) is 22.6 Å². The first kappa shape index (κ1) is 17.9. The maximum atomic E-state index is 12.5. The summed E-state index contributed by atoms with van der Waals surface area (Å²) in [5.74, 6) is 1.47. The van der Waals surface area contributed by atoms with Crippen molar-refractivity contribution in [3.63, 3.8) is 0 Å². The molecule has 0 unspecified atom stereocenters. The Morgan fingerprint density at radius 2 is 1.67 bits per heavy atom. The Bertz CT molecular complexity index is 695. The monoisotopic (exact) mass is 327 g/mol. The number of hydrogen-bond acceptors (Lipinski definition) is 3. The van der Waals surface area contributed by atoms with Crippen molar-refractivity contribution in [3.05, 3.63) is 59.2 Å². The minimum absolute atomic E-state index is 0.0518. The second-order valence-electron chi connectivity index (χ2n) is 6.05. The van der Waals surface area contributed by atoms with E-state index in [2.05, 4.69) is 6.92 Å². The molecule has 0 radical (unpaired) electrons. The third-order valence-electron chi connectivity index (χ3n) is 4.09. The van der Waals surface area contributed by atoms with Gasteiger partial charge in [-0.2, -0.15) is 0 Å². The molecule has 2 rings (SSSR count). The average Bonchev–Trinajstić information content (AvgIpc) is 2.58. The van der Waals surface area contributed by atoms with Gasteiger partial charge in [-0.3, -0.25) is 4.79 Å². The van der Waals surface area contributed by atoms with Crippen LogP contribution in [0.2, 0.25) is 0 Å². The van der Waals surface area contributed by atoms with Crippen LogP contribution in [0, 0.1) is 13.8 Å². The van der Waals surface area contributed by atoms with E-state index in [1.54, 1.807) is 26.0 Å². The van der Waals surface area contributed by atoms with Crippen molar-refractivity contribution in [2.45, 2.75) is 33.4 Å². The SMILES string of the molecule is COc1ccc(CN(C)C(=O)[C@@H](C)Oc2ccc(C)c(C)c2)cc1. The molecule has 1 amide bonds. The zero-order valence-corrected chi connectivity index (χ0v) is 15.0. The smallest absolute Gasteiger partial charge is 0.263 e. The lowest BCUT2D eigenvalue weighted by atomic mass is 10.1. The largest absolute Gasteiger partial charge is 0.497 e. The summed E-state index contributed by atoms with van der Waals surface area (Å²) in [7, 11) is 3.42. The molecule has 4 heteroatoms. The van der Waals surface area contributed by atoms with Crippen molar-refractivity contribution in [1.29, 1.82) is 0 Å². The highest BCUT2D eigenvalue weighted by Crippen LogP contribution is 2.19. The Balaban J connectivity index is 1.96. The minimum Gasteiger partial charge on any atom is -0.497 e. The number of benzene rings is 2. The maximum absolute atomic E-state index is 12.5. The van der Waals surface area contributed by atoms with Crippen molar-refractivity contribution in [2.75, 3.05) is 14.2 Å². The van der Waals surface area contributed by atoms with Gasteiger partial charge in [-0.1, -0.05) is 18.2 Å². The first-order valence-electron chi connectivity index (χ1n) is 8.02. The number of carbonyl (C=O) groups is 1. The predicted octanol–water partition coefficient (Wildman–Crippen LogP) is 3.74. The molecule has 0 saturated heterocycles. The Morgan fingerprint density at radius 3 is 2.25 bits per heavy atom. The fraction of sp³-hybridized carbons (Fsp3) is 0.350. The Hall–Kier alpha value is -2.49. The summed E-state index contributed by atoms with van der Waals surface area (Å²) in [6.07, 6.45) is -0.532. The van der Waals surface area contributed by atoms with Crippen LogP contribution >= 0.6 is 0 Å². The molecule has 128 valence electrons. The van der Waals surface area contributed by atoms with Crippen molar-refractivity contribution >= 4 is 5.91 Å². The normalized spacial score (nSPS) is 11.7. The summed E-state index contributed by atoms with van der Waals surface area (Å²) in [5, 5.41) is 0. The average molecular weight is 327 g/mol. The molecule has 0 saturated carbocycles. The van der Waals surface area contributed by atoms with Crippen molar-refractivity contribution in [3.8, 4) is 11.5 Å². The van der Waals surface area contributed by atoms with Gasteiger partial charge in [0.05, 0.1) is 7.11 Å². The number of aryl methyl sites for hydroxylation is 2. The third kappa shape index (κ3) is 4.51. The zero-order valence-electron chi connectivity index (χ0n) is 15.0. The van der Waals surface area contributed by atoms with E-state index in [1.807, 2.05) is 49.4 Å². The highest BCUT2D eigenvalue weighted by molar-refractivity contribution is 5.80. The van der Waals surface area contributed by atoms with Crippen LogP contribution in [-0.4, -0.2) is 31.1 Å². The van der Waals surface area contributed by atoms with Crippen LogP contribution in [-0.2, 0) is 11.3 Å². The topological polar surface area (TPSA) is 38.8 Å². The van der Waals surface area contributed by atoms with Crippen LogP contribution in [0.25, 0.3) is 0 Å². The van der Waals surface area contributed by atoms with Gasteiger partial charge in [0.1, 0.15) is 11.5 Å². The Morgan fingerprint density at radius 1 is 1.04 bits per heavy atom. The summed E-state index contributed by atoms with van der Waals surface area (Å²) in [5.41, 5.74) is 3.40. The van der Waals surface area contributed by atoms with Crippen molar-refractivity contribution in [2.24, 2.45) is 0 Å². The summed E-state index contributed by atoms with van der Waals surface area (Å²) >= 11 is 0. The number of ether oxygens (including phenoxy) is 2. The number of amides is 1. The molecular formula is C20H25NO3. The lowest BCUT2D eigenvalue weighted by Gasteiger charge is -2.22. The van der Waals surface area contributed by atoms with Gasteiger partial charge in [0.2, 0.25) is 0 Å². The molecule has 0 aromatic heterocycles. The molecule has 0 bridgehead atoms. The van der Waals surface area contributed by atoms with E-state index < -0.39 is 6.10 Å². The second-order valence-corrected chi connectivity index (χ2v) is 6.05. The fourth-order valence-corrected chi connectivity index (χ4v) is 2.43. The molecule has 0 aliphatic carbocycles. The van der Waals surface area contributed by atoms with Crippen LogP contribution in [0.3, 0.4) is 0 Å². The Kier molecular flexibility index (Phi) is 5.85. The number of hydrogen-bond donors (Lipinski definition) is 0. The molecule has 0 fully saturated rings. The quantitative estimate of drug-likeness (QED) is 0.811. The summed E-state index contributed by atoms with van der Waals surface area (Å²) < 4.78 is 10.9. The molecule has 0 heterocycles. The first-order chi connectivity index (χ1) is 11.4. The van der Waals surface area contributed by atoms with Gasteiger partial charge in [-0.25, -0.2) is 0 Å². The molecular weight excluding hydrogens is 302 g/mol. The molecule has 0 aliphatic rings. The van der Waals surface area contributed by atoms with Crippen LogP contribution in [0.5, 0.6) is 11.5 Å². The molecule has 1 atom stereocenters. The summed E-state index contributed by atoms with van der Waals surface area (Å²) in [6, 6.07) is 13.6. The highest BCUT2D eigenvalue weighted by atomic mass is 16.5. The number of rotatable bonds is 6. The van der Waals surface area contributed by atoms with Gasteiger partial charge in [-0.15, -0.1) is 0 Å². The van der Waals surface area contributed by atoms with Gasteiger partial charge in [-0.05, 0) is 61.7 Å². The molecule has 0 N–H and O–H groups in total. The van der Waals surface area contributed by atoms with Crippen molar-refractivity contribution < 1.29 is 14.3 Å². The summed E-state index contributed by atoms with van der Waals surface area (Å²) in [6.45, 7) is 6.40. The van der Waals surface area contributed by atoms with E-state index >= 15 is 0 Å². The van der Waals surface area contributed by atoms with E-state index in [-0.39, 0.29) is 5.91 Å². The molecule has 24 heavy (non-hydrogen) atoms. The number of methoxy groups -OCH3 is 1. The van der Waals surface area contributed by atoms with Gasteiger partial charge in [0.25, 0.3) is 5.91 Å². The van der Waals surface area contributed by atoms with Crippen LogP contribution in [0.15, 0.2) is 42.5 Å². The molecule has 0 aliphatic heterocycles. The van der Waals surface area contributed by atoms with Crippen LogP contribution in [0.1, 0.15) is 23.6 Å². The third-order valence-corrected chi connectivity index (χ3v) is 4.09. The van der Waals surface area contributed by atoms with Gasteiger partial charge in [0, 0.05) is 13.6 Å². The van der Waals surface area contributed by atoms with Crippen LogP contribution in [0.4, 0.5) is 0 Å². The van der Waals surface area contributed by atoms with E-state index in [0.29, 0.717) is 6.54 Å². The molecule has 0 spiro atoms. The van der Waals surface area contributed by atoms with Crippen molar-refractivity contribution in [1.82, 2.24) is 4.90 Å². The molecule has 2 aromatic rings. The predicted molar refractivity (Wildman–Crippen MR) is 95.5 cm³/mol. The lowest BCUT2D eigenvalue weighted by Crippen LogP contribution is -2.37. The highest BCUT2D eigenvalue weighted by Gasteiger charge is 2.19. The number of carbonyl (C=O) groups excluding carboxylic acids is 1. The lowest BCUT2D eigenvalue weighted by molar-refractivity contribution is -0.137. The molecule has 2 aromatic carbocycles. The standard InChI is InChI=1S/C20H25NO3/c1-14-6-9-19(12-15(14)2)24-16(3)20(22)21(4)13-17-7-10-18(23-5)11-8-17/h6-12,16H,13H2,1-5H3/t16-/m1/s1. The number of nitrogens with zero attached hydrogens (tertiary/aromatic N) is 1. The van der Waals surface area contributed by atoms with E-state index in [4.69, 9.17) is 9.47 Å². The zero-order chi connectivity index (χ0) is 17.7. The maximum Gasteiger partial charge on any atom is 0.263 e. The fourth-order valence-electron chi connectivity index (χ4n) is 2.43. The van der Waals surface area contributed by atoms with Gasteiger partial charge in [0.15, 0.2) is 6.10 Å². The first-order valence-corrected chi connectivity index (χ1v) is 8.02. The minimum atomic E-state index is -0.532. The Labute approximate surface area is 144 Å². The van der Waals surface area contributed by atoms with Gasteiger partial charge < -0.3 is 14.4 Å². The number of likely N-dealkylation sites (N-methyl/N-ethyl adjacent to an activating group) is 1. The van der Waals surface area contributed by atoms with Gasteiger partial charge >= 0.3 is 0 Å². The van der Waals surface area contributed by atoms with E-state index in [1.165, 1.54) is 5.56 Å². The van der Waals surface area contributed by atoms with E-state index in [9.17, 15) is 4.79 Å². The summed E-state index contributed by atoms with van der Waals surface area (Å²) in [4.78, 5) is 14.2. The molecule has 4 nitrogen and oxygen atoms in total. The second kappa shape index (κ2) is 7.86.